The highest BCUT2D eigenvalue weighted by atomic mass is 16.2. The van der Waals surface area contributed by atoms with E-state index in [0.29, 0.717) is 29.3 Å². The molecule has 1 aromatic rings. The molecular formula is C15H19N3O2. The summed E-state index contributed by atoms with van der Waals surface area (Å²) >= 11 is 0. The Bertz CT molecular complexity index is 562. The minimum atomic E-state index is -0.198. The van der Waals surface area contributed by atoms with E-state index in [-0.39, 0.29) is 11.8 Å². The van der Waals surface area contributed by atoms with E-state index in [1.54, 1.807) is 18.2 Å². The van der Waals surface area contributed by atoms with Gasteiger partial charge >= 0.3 is 0 Å². The van der Waals surface area contributed by atoms with E-state index >= 15 is 0 Å². The second-order valence-electron chi connectivity index (χ2n) is 5.77. The minimum absolute atomic E-state index is 0.177. The lowest BCUT2D eigenvalue weighted by molar-refractivity contribution is 0.0604. The van der Waals surface area contributed by atoms with Crippen LogP contribution in [0.15, 0.2) is 18.2 Å². The number of benzene rings is 1. The molecule has 106 valence electrons. The number of imide groups is 1. The Labute approximate surface area is 118 Å². The van der Waals surface area contributed by atoms with Crippen LogP contribution < -0.4 is 5.73 Å². The average molecular weight is 273 g/mol. The fraction of sp³-hybridized carbons (Fsp3) is 0.467. The minimum Gasteiger partial charge on any atom is -0.399 e. The summed E-state index contributed by atoms with van der Waals surface area (Å²) in [5.41, 5.74) is 7.15. The molecule has 2 aliphatic heterocycles. The Kier molecular flexibility index (Phi) is 3.22. The highest BCUT2D eigenvalue weighted by Gasteiger charge is 2.37. The molecule has 0 unspecified atom stereocenters. The molecule has 5 nitrogen and oxygen atoms in total. The standard InChI is InChI=1S/C15H19N3O2/c1-17-6-4-10(5-7-17)9-18-14(19)12-3-2-11(16)8-13(12)15(18)20/h2-3,8,10H,4-7,9,16H2,1H3. The zero-order chi connectivity index (χ0) is 14.3. The van der Waals surface area contributed by atoms with E-state index in [1.165, 1.54) is 4.90 Å². The van der Waals surface area contributed by atoms with Crippen LogP contribution in [0.1, 0.15) is 33.6 Å². The first-order chi connectivity index (χ1) is 9.56. The van der Waals surface area contributed by atoms with Crippen LogP contribution in [-0.2, 0) is 0 Å². The molecule has 2 N–H and O–H groups in total. The number of rotatable bonds is 2. The van der Waals surface area contributed by atoms with Crippen molar-refractivity contribution in [2.75, 3.05) is 32.4 Å². The summed E-state index contributed by atoms with van der Waals surface area (Å²) in [6, 6.07) is 4.92. The Hall–Kier alpha value is -1.88. The third-order valence-corrected chi connectivity index (χ3v) is 4.27. The fourth-order valence-corrected chi connectivity index (χ4v) is 2.98. The smallest absolute Gasteiger partial charge is 0.261 e. The number of likely N-dealkylation sites (tertiary alicyclic amines) is 1. The summed E-state index contributed by atoms with van der Waals surface area (Å²) in [6.07, 6.45) is 2.07. The molecule has 0 spiro atoms. The van der Waals surface area contributed by atoms with E-state index in [2.05, 4.69) is 11.9 Å². The van der Waals surface area contributed by atoms with Crippen molar-refractivity contribution in [3.63, 3.8) is 0 Å². The van der Waals surface area contributed by atoms with Crippen molar-refractivity contribution in [3.05, 3.63) is 29.3 Å². The summed E-state index contributed by atoms with van der Waals surface area (Å²) in [5, 5.41) is 0. The van der Waals surface area contributed by atoms with E-state index in [4.69, 9.17) is 5.73 Å². The summed E-state index contributed by atoms with van der Waals surface area (Å²) < 4.78 is 0. The zero-order valence-corrected chi connectivity index (χ0v) is 11.6. The number of carbonyl (C=O) groups excluding carboxylic acids is 2. The molecule has 1 fully saturated rings. The first-order valence-electron chi connectivity index (χ1n) is 7.00. The lowest BCUT2D eigenvalue weighted by atomic mass is 9.96. The topological polar surface area (TPSA) is 66.6 Å². The second kappa shape index (κ2) is 4.90. The SMILES string of the molecule is CN1CCC(CN2C(=O)c3ccc(N)cc3C2=O)CC1. The molecule has 2 amide bonds. The van der Waals surface area contributed by atoms with Crippen molar-refractivity contribution in [1.82, 2.24) is 9.80 Å². The Balaban J connectivity index is 1.76. The van der Waals surface area contributed by atoms with Crippen molar-refractivity contribution in [2.45, 2.75) is 12.8 Å². The lowest BCUT2D eigenvalue weighted by Gasteiger charge is -2.30. The van der Waals surface area contributed by atoms with E-state index in [1.807, 2.05) is 0 Å². The predicted octanol–water partition coefficient (Wildman–Crippen LogP) is 1.21. The van der Waals surface area contributed by atoms with Crippen LogP contribution in [0.2, 0.25) is 0 Å². The van der Waals surface area contributed by atoms with Crippen molar-refractivity contribution < 1.29 is 9.59 Å². The monoisotopic (exact) mass is 273 g/mol. The maximum Gasteiger partial charge on any atom is 0.261 e. The predicted molar refractivity (Wildman–Crippen MR) is 76.4 cm³/mol. The molecule has 2 aliphatic rings. The van der Waals surface area contributed by atoms with Gasteiger partial charge in [-0.3, -0.25) is 14.5 Å². The number of piperidine rings is 1. The summed E-state index contributed by atoms with van der Waals surface area (Å²) in [4.78, 5) is 28.3. The normalized spacial score (nSPS) is 20.6. The van der Waals surface area contributed by atoms with Gasteiger partial charge in [0.05, 0.1) is 11.1 Å². The van der Waals surface area contributed by atoms with Gasteiger partial charge in [0, 0.05) is 12.2 Å². The van der Waals surface area contributed by atoms with Gasteiger partial charge in [0.2, 0.25) is 0 Å². The highest BCUT2D eigenvalue weighted by Crippen LogP contribution is 2.27. The molecule has 0 bridgehead atoms. The fourth-order valence-electron chi connectivity index (χ4n) is 2.98. The maximum atomic E-state index is 12.3. The van der Waals surface area contributed by atoms with Crippen molar-refractivity contribution in [1.29, 1.82) is 0 Å². The van der Waals surface area contributed by atoms with Crippen LogP contribution in [0.5, 0.6) is 0 Å². The third kappa shape index (κ3) is 2.18. The maximum absolute atomic E-state index is 12.3. The Morgan fingerprint density at radius 1 is 1.15 bits per heavy atom. The van der Waals surface area contributed by atoms with Gasteiger partial charge in [-0.1, -0.05) is 0 Å². The molecule has 1 aromatic carbocycles. The highest BCUT2D eigenvalue weighted by molar-refractivity contribution is 6.21. The number of amides is 2. The quantitative estimate of drug-likeness (QED) is 0.649. The van der Waals surface area contributed by atoms with Crippen LogP contribution in [0, 0.1) is 5.92 Å². The Morgan fingerprint density at radius 3 is 2.50 bits per heavy atom. The lowest BCUT2D eigenvalue weighted by Crippen LogP contribution is -2.39. The van der Waals surface area contributed by atoms with Crippen LogP contribution in [0.25, 0.3) is 0 Å². The van der Waals surface area contributed by atoms with Gasteiger partial charge in [-0.15, -0.1) is 0 Å². The van der Waals surface area contributed by atoms with Crippen LogP contribution in [-0.4, -0.2) is 48.3 Å². The molecule has 0 aliphatic carbocycles. The third-order valence-electron chi connectivity index (χ3n) is 4.27. The summed E-state index contributed by atoms with van der Waals surface area (Å²) in [5.74, 6) is 0.0333. The van der Waals surface area contributed by atoms with Crippen molar-refractivity contribution >= 4 is 17.5 Å². The number of fused-ring (bicyclic) bond motifs is 1. The van der Waals surface area contributed by atoms with Crippen LogP contribution in [0.3, 0.4) is 0 Å². The van der Waals surface area contributed by atoms with E-state index < -0.39 is 0 Å². The zero-order valence-electron chi connectivity index (χ0n) is 11.6. The van der Waals surface area contributed by atoms with Gasteiger partial charge in [-0.25, -0.2) is 0 Å². The largest absolute Gasteiger partial charge is 0.399 e. The van der Waals surface area contributed by atoms with Crippen LogP contribution >= 0.6 is 0 Å². The number of nitrogens with two attached hydrogens (primary N) is 1. The molecule has 20 heavy (non-hydrogen) atoms. The molecule has 1 saturated heterocycles. The number of hydrogen-bond donors (Lipinski definition) is 1. The van der Waals surface area contributed by atoms with Crippen molar-refractivity contribution in [2.24, 2.45) is 5.92 Å². The first kappa shape index (κ1) is 13.1. The number of nitrogens with zero attached hydrogens (tertiary/aromatic N) is 2. The number of carbonyl (C=O) groups is 2. The number of nitrogen functional groups attached to an aromatic ring is 1. The second-order valence-corrected chi connectivity index (χ2v) is 5.77. The first-order valence-corrected chi connectivity index (χ1v) is 7.00. The average Bonchev–Trinajstić information content (AvgIpc) is 2.66. The molecule has 0 saturated carbocycles. The molecule has 3 rings (SSSR count). The van der Waals surface area contributed by atoms with Gasteiger partial charge in [0.25, 0.3) is 11.8 Å². The van der Waals surface area contributed by atoms with Gasteiger partial charge < -0.3 is 10.6 Å². The van der Waals surface area contributed by atoms with Gasteiger partial charge in [-0.2, -0.15) is 0 Å². The summed E-state index contributed by atoms with van der Waals surface area (Å²) in [7, 11) is 2.10. The molecule has 0 atom stereocenters. The molecular weight excluding hydrogens is 254 g/mol. The number of anilines is 1. The number of hydrogen-bond acceptors (Lipinski definition) is 4. The van der Waals surface area contributed by atoms with E-state index in [9.17, 15) is 9.59 Å². The molecule has 5 heteroatoms. The van der Waals surface area contributed by atoms with Gasteiger partial charge in [0.15, 0.2) is 0 Å². The van der Waals surface area contributed by atoms with Crippen LogP contribution in [0.4, 0.5) is 5.69 Å². The van der Waals surface area contributed by atoms with Gasteiger partial charge in [-0.05, 0) is 57.1 Å². The van der Waals surface area contributed by atoms with E-state index in [0.717, 1.165) is 25.9 Å². The van der Waals surface area contributed by atoms with Crippen molar-refractivity contribution in [3.8, 4) is 0 Å². The molecule has 2 heterocycles. The Morgan fingerprint density at radius 2 is 1.80 bits per heavy atom. The molecule has 0 aromatic heterocycles. The summed E-state index contributed by atoms with van der Waals surface area (Å²) in [6.45, 7) is 2.58. The molecule has 0 radical (unpaired) electrons. The van der Waals surface area contributed by atoms with Gasteiger partial charge in [0.1, 0.15) is 0 Å².